The topological polar surface area (TPSA) is 76.3 Å². The molecule has 0 aliphatic rings. The third-order valence-electron chi connectivity index (χ3n) is 2.83. The van der Waals surface area contributed by atoms with Gasteiger partial charge in [-0.2, -0.15) is 0 Å². The Morgan fingerprint density at radius 2 is 2.05 bits per heavy atom. The lowest BCUT2D eigenvalue weighted by Gasteiger charge is -2.19. The number of aromatic nitrogens is 1. The summed E-state index contributed by atoms with van der Waals surface area (Å²) in [6.45, 7) is 0. The van der Waals surface area contributed by atoms with Gasteiger partial charge >= 0.3 is 0 Å². The molecule has 1 aromatic heterocycles. The molecule has 0 saturated heterocycles. The number of hydrogen-bond donors (Lipinski definition) is 1. The van der Waals surface area contributed by atoms with Crippen molar-refractivity contribution in [2.45, 2.75) is 4.90 Å². The molecule has 0 fully saturated rings. The van der Waals surface area contributed by atoms with Gasteiger partial charge in [-0.3, -0.25) is 4.31 Å². The smallest absolute Gasteiger partial charge is 0.266 e. The lowest BCUT2D eigenvalue weighted by atomic mass is 10.2. The van der Waals surface area contributed by atoms with Crippen molar-refractivity contribution in [3.63, 3.8) is 0 Å². The lowest BCUT2D eigenvalue weighted by Crippen LogP contribution is -2.27. The third-order valence-corrected chi connectivity index (χ3v) is 5.31. The molecule has 0 bridgehead atoms. The number of sulfonamides is 1. The fourth-order valence-corrected chi connectivity index (χ4v) is 3.47. The number of nitrogens with two attached hydrogens (primary N) is 1. The number of thiocarbonyl (C=S) groups is 1. The predicted molar refractivity (Wildman–Crippen MR) is 87.2 cm³/mol. The molecule has 0 atom stereocenters. The van der Waals surface area contributed by atoms with Gasteiger partial charge in [0.05, 0.1) is 5.02 Å². The number of benzene rings is 1. The SMILES string of the molecule is CN(c1ccccn1)S(=O)(=O)c1ccc(C(N)=S)cc1Cl. The van der Waals surface area contributed by atoms with E-state index in [9.17, 15) is 8.42 Å². The van der Waals surface area contributed by atoms with Gasteiger partial charge in [0.15, 0.2) is 0 Å². The standard InChI is InChI=1S/C13H12ClN3O2S2/c1-17(12-4-2-3-7-16-12)21(18,19)11-6-5-9(13(15)20)8-10(11)14/h2-8H,1H3,(H2,15,20). The van der Waals surface area contributed by atoms with Gasteiger partial charge in [0.1, 0.15) is 15.7 Å². The quantitative estimate of drug-likeness (QED) is 0.863. The highest BCUT2D eigenvalue weighted by molar-refractivity contribution is 7.93. The summed E-state index contributed by atoms with van der Waals surface area (Å²) in [6.07, 6.45) is 1.51. The summed E-state index contributed by atoms with van der Waals surface area (Å²) < 4.78 is 26.2. The van der Waals surface area contributed by atoms with Crippen molar-refractivity contribution in [2.24, 2.45) is 5.73 Å². The van der Waals surface area contributed by atoms with E-state index < -0.39 is 10.0 Å². The molecule has 5 nitrogen and oxygen atoms in total. The molecule has 2 aromatic rings. The van der Waals surface area contributed by atoms with E-state index in [1.165, 1.54) is 31.4 Å². The summed E-state index contributed by atoms with van der Waals surface area (Å²) in [4.78, 5) is 4.13. The molecule has 0 saturated carbocycles. The fourth-order valence-electron chi connectivity index (χ4n) is 1.67. The highest BCUT2D eigenvalue weighted by atomic mass is 35.5. The van der Waals surface area contributed by atoms with Crippen molar-refractivity contribution < 1.29 is 8.42 Å². The van der Waals surface area contributed by atoms with Crippen molar-refractivity contribution >= 4 is 44.6 Å². The Kier molecular flexibility index (Phi) is 4.46. The zero-order chi connectivity index (χ0) is 15.6. The Hall–Kier alpha value is -1.70. The molecule has 8 heteroatoms. The largest absolute Gasteiger partial charge is 0.389 e. The Labute approximate surface area is 133 Å². The van der Waals surface area contributed by atoms with Gasteiger partial charge in [-0.05, 0) is 24.3 Å². The molecule has 0 aliphatic heterocycles. The van der Waals surface area contributed by atoms with Crippen molar-refractivity contribution in [3.05, 3.63) is 53.2 Å². The first-order chi connectivity index (χ1) is 9.84. The highest BCUT2D eigenvalue weighted by Crippen LogP contribution is 2.27. The van der Waals surface area contributed by atoms with Crippen LogP contribution in [-0.4, -0.2) is 25.4 Å². The normalized spacial score (nSPS) is 11.1. The average Bonchev–Trinajstić information content (AvgIpc) is 2.46. The first-order valence-electron chi connectivity index (χ1n) is 5.83. The van der Waals surface area contributed by atoms with E-state index in [4.69, 9.17) is 29.6 Å². The van der Waals surface area contributed by atoms with E-state index in [2.05, 4.69) is 4.98 Å². The van der Waals surface area contributed by atoms with Crippen LogP contribution in [0.2, 0.25) is 5.02 Å². The first kappa shape index (κ1) is 15.7. The van der Waals surface area contributed by atoms with E-state index in [0.717, 1.165) is 4.31 Å². The molecule has 0 aliphatic carbocycles. The molecule has 1 heterocycles. The van der Waals surface area contributed by atoms with E-state index in [0.29, 0.717) is 11.4 Å². The molecule has 0 radical (unpaired) electrons. The summed E-state index contributed by atoms with van der Waals surface area (Å²) in [7, 11) is -2.40. The number of nitrogens with zero attached hydrogens (tertiary/aromatic N) is 2. The van der Waals surface area contributed by atoms with E-state index in [1.54, 1.807) is 18.2 Å². The predicted octanol–water partition coefficient (Wildman–Crippen LogP) is 2.19. The summed E-state index contributed by atoms with van der Waals surface area (Å²) in [5, 5.41) is 0.0584. The summed E-state index contributed by atoms with van der Waals surface area (Å²) >= 11 is 10.9. The van der Waals surface area contributed by atoms with Crippen LogP contribution in [0.4, 0.5) is 5.82 Å². The fraction of sp³-hybridized carbons (Fsp3) is 0.0769. The van der Waals surface area contributed by atoms with E-state index in [1.807, 2.05) is 0 Å². The minimum absolute atomic E-state index is 0.0303. The summed E-state index contributed by atoms with van der Waals surface area (Å²) in [5.74, 6) is 0.298. The maximum absolute atomic E-state index is 12.6. The molecule has 2 rings (SSSR count). The van der Waals surface area contributed by atoms with Crippen molar-refractivity contribution in [1.82, 2.24) is 4.98 Å². The van der Waals surface area contributed by atoms with Crippen LogP contribution in [0.5, 0.6) is 0 Å². The number of hydrogen-bond acceptors (Lipinski definition) is 4. The number of anilines is 1. The molecule has 0 spiro atoms. The van der Waals surface area contributed by atoms with Crippen LogP contribution in [0.25, 0.3) is 0 Å². The summed E-state index contributed by atoms with van der Waals surface area (Å²) in [6, 6.07) is 9.33. The molecule has 0 amide bonds. The highest BCUT2D eigenvalue weighted by Gasteiger charge is 2.25. The van der Waals surface area contributed by atoms with Gasteiger partial charge in [0.25, 0.3) is 10.0 Å². The Balaban J connectivity index is 2.47. The van der Waals surface area contributed by atoms with Crippen molar-refractivity contribution in [1.29, 1.82) is 0 Å². The lowest BCUT2D eigenvalue weighted by molar-refractivity contribution is 0.594. The Morgan fingerprint density at radius 1 is 1.33 bits per heavy atom. The molecular formula is C13H12ClN3O2S2. The van der Waals surface area contributed by atoms with Crippen LogP contribution < -0.4 is 10.0 Å². The second-order valence-corrected chi connectivity index (χ2v) is 6.95. The van der Waals surface area contributed by atoms with Crippen LogP contribution in [0.15, 0.2) is 47.5 Å². The monoisotopic (exact) mass is 341 g/mol. The Bertz CT molecular complexity index is 779. The number of rotatable bonds is 4. The molecule has 21 heavy (non-hydrogen) atoms. The minimum Gasteiger partial charge on any atom is -0.389 e. The maximum atomic E-state index is 12.6. The van der Waals surface area contributed by atoms with Crippen LogP contribution in [-0.2, 0) is 10.0 Å². The van der Waals surface area contributed by atoms with Crippen LogP contribution in [0, 0.1) is 0 Å². The van der Waals surface area contributed by atoms with Gasteiger partial charge in [0, 0.05) is 18.8 Å². The average molecular weight is 342 g/mol. The number of pyridine rings is 1. The second kappa shape index (κ2) is 5.97. The minimum atomic E-state index is -3.81. The van der Waals surface area contributed by atoms with Crippen molar-refractivity contribution in [3.8, 4) is 0 Å². The van der Waals surface area contributed by atoms with E-state index in [-0.39, 0.29) is 14.9 Å². The zero-order valence-corrected chi connectivity index (χ0v) is 13.4. The van der Waals surface area contributed by atoms with Gasteiger partial charge in [-0.1, -0.05) is 36.0 Å². The van der Waals surface area contributed by atoms with Crippen LogP contribution >= 0.6 is 23.8 Å². The van der Waals surface area contributed by atoms with Gasteiger partial charge in [-0.25, -0.2) is 13.4 Å². The first-order valence-corrected chi connectivity index (χ1v) is 8.06. The molecule has 2 N–H and O–H groups in total. The van der Waals surface area contributed by atoms with Gasteiger partial charge in [-0.15, -0.1) is 0 Å². The van der Waals surface area contributed by atoms with Gasteiger partial charge in [0.2, 0.25) is 0 Å². The van der Waals surface area contributed by atoms with Crippen LogP contribution in [0.3, 0.4) is 0 Å². The maximum Gasteiger partial charge on any atom is 0.266 e. The number of halogens is 1. The summed E-state index contributed by atoms with van der Waals surface area (Å²) in [5.41, 5.74) is 6.00. The van der Waals surface area contributed by atoms with Crippen LogP contribution in [0.1, 0.15) is 5.56 Å². The zero-order valence-electron chi connectivity index (χ0n) is 11.0. The van der Waals surface area contributed by atoms with Gasteiger partial charge < -0.3 is 5.73 Å². The third kappa shape index (κ3) is 3.15. The van der Waals surface area contributed by atoms with Crippen molar-refractivity contribution in [2.75, 3.05) is 11.4 Å². The molecule has 0 unspecified atom stereocenters. The molecular weight excluding hydrogens is 330 g/mol. The molecule has 1 aromatic carbocycles. The van der Waals surface area contributed by atoms with E-state index >= 15 is 0 Å². The second-order valence-electron chi connectivity index (χ2n) is 4.17. The molecule has 110 valence electrons. The Morgan fingerprint density at radius 3 is 2.57 bits per heavy atom.